The molecule has 0 spiro atoms. The van der Waals surface area contributed by atoms with Crippen molar-refractivity contribution in [2.24, 2.45) is 5.41 Å². The summed E-state index contributed by atoms with van der Waals surface area (Å²) < 4.78 is 7.54. The second-order valence-electron chi connectivity index (χ2n) is 9.98. The largest absolute Gasteiger partial charge is 0.496 e. The Bertz CT molecular complexity index is 1310. The van der Waals surface area contributed by atoms with E-state index in [0.29, 0.717) is 17.5 Å². The van der Waals surface area contributed by atoms with Crippen LogP contribution in [0, 0.1) is 19.3 Å². The molecule has 34 heavy (non-hydrogen) atoms. The van der Waals surface area contributed by atoms with Crippen molar-refractivity contribution in [3.05, 3.63) is 76.0 Å². The van der Waals surface area contributed by atoms with Gasteiger partial charge in [0.2, 0.25) is 11.1 Å². The van der Waals surface area contributed by atoms with Crippen molar-refractivity contribution < 1.29 is 9.53 Å². The van der Waals surface area contributed by atoms with E-state index in [1.54, 1.807) is 18.9 Å². The summed E-state index contributed by atoms with van der Waals surface area (Å²) in [6.07, 6.45) is 1.30. The lowest BCUT2D eigenvalue weighted by Crippen LogP contribution is -2.36. The molecule has 7 heteroatoms. The minimum absolute atomic E-state index is 0.100. The fourth-order valence-corrected chi connectivity index (χ4v) is 5.89. The third kappa shape index (κ3) is 4.13. The van der Waals surface area contributed by atoms with Gasteiger partial charge >= 0.3 is 0 Å². The summed E-state index contributed by atoms with van der Waals surface area (Å²) in [6, 6.07) is 14.0. The summed E-state index contributed by atoms with van der Waals surface area (Å²) in [7, 11) is 1.66. The number of ketones is 1. The van der Waals surface area contributed by atoms with Gasteiger partial charge in [-0.15, -0.1) is 5.10 Å². The zero-order valence-corrected chi connectivity index (χ0v) is 21.1. The molecule has 2 heterocycles. The Labute approximate surface area is 204 Å². The highest BCUT2D eigenvalue weighted by Crippen LogP contribution is 2.47. The first-order valence-electron chi connectivity index (χ1n) is 11.6. The van der Waals surface area contributed by atoms with Gasteiger partial charge in [0.25, 0.3) is 0 Å². The number of nitrogens with one attached hydrogen (secondary N) is 1. The lowest BCUT2D eigenvalue weighted by molar-refractivity contribution is -0.118. The maximum Gasteiger partial charge on any atom is 0.227 e. The van der Waals surface area contributed by atoms with E-state index < -0.39 is 0 Å². The number of rotatable bonds is 5. The van der Waals surface area contributed by atoms with Gasteiger partial charge in [-0.05, 0) is 42.9 Å². The van der Waals surface area contributed by atoms with E-state index >= 15 is 0 Å². The van der Waals surface area contributed by atoms with Gasteiger partial charge in [-0.25, -0.2) is 4.68 Å². The second kappa shape index (κ2) is 8.62. The Kier molecular flexibility index (Phi) is 5.76. The van der Waals surface area contributed by atoms with Gasteiger partial charge in [0, 0.05) is 29.0 Å². The summed E-state index contributed by atoms with van der Waals surface area (Å²) in [6.45, 7) is 8.52. The first-order chi connectivity index (χ1) is 16.3. The normalized spacial score (nSPS) is 18.9. The van der Waals surface area contributed by atoms with E-state index in [4.69, 9.17) is 14.8 Å². The summed E-state index contributed by atoms with van der Waals surface area (Å²) >= 11 is 1.61. The van der Waals surface area contributed by atoms with Crippen LogP contribution in [0.2, 0.25) is 0 Å². The monoisotopic (exact) mass is 474 g/mol. The van der Waals surface area contributed by atoms with Crippen LogP contribution in [-0.2, 0) is 10.5 Å². The Morgan fingerprint density at radius 2 is 1.97 bits per heavy atom. The van der Waals surface area contributed by atoms with Crippen LogP contribution in [-0.4, -0.2) is 27.7 Å². The van der Waals surface area contributed by atoms with Crippen LogP contribution >= 0.6 is 11.8 Å². The average Bonchev–Trinajstić information content (AvgIpc) is 3.18. The minimum atomic E-state index is -0.367. The standard InChI is InChI=1S/C27H30N4O2S/c1-16-10-11-18(17(2)12-16)15-34-26-29-25-28-20-13-27(3,4)14-21(32)23(20)24(31(25)30-26)19-8-6-7-9-22(19)33-5/h6-12,24H,13-15H2,1-5H3,(H,28,29,30). The Morgan fingerprint density at radius 3 is 2.74 bits per heavy atom. The lowest BCUT2D eigenvalue weighted by atomic mass is 9.73. The number of nitrogens with zero attached hydrogens (tertiary/aromatic N) is 3. The number of ether oxygens (including phenoxy) is 1. The highest BCUT2D eigenvalue weighted by Gasteiger charge is 2.42. The molecule has 0 bridgehead atoms. The van der Waals surface area contributed by atoms with Crippen LogP contribution in [0.4, 0.5) is 5.95 Å². The number of hydrogen-bond donors (Lipinski definition) is 1. The molecule has 0 saturated heterocycles. The summed E-state index contributed by atoms with van der Waals surface area (Å²) in [5, 5.41) is 9.01. The van der Waals surface area contributed by atoms with E-state index in [9.17, 15) is 4.79 Å². The van der Waals surface area contributed by atoms with E-state index in [1.807, 2.05) is 28.9 Å². The molecule has 1 N–H and O–H groups in total. The van der Waals surface area contributed by atoms with Crippen LogP contribution in [0.3, 0.4) is 0 Å². The molecular formula is C27H30N4O2S. The van der Waals surface area contributed by atoms with Gasteiger partial charge in [0.05, 0.1) is 7.11 Å². The van der Waals surface area contributed by atoms with Crippen LogP contribution in [0.25, 0.3) is 0 Å². The van der Waals surface area contributed by atoms with Crippen LogP contribution < -0.4 is 10.1 Å². The average molecular weight is 475 g/mol. The van der Waals surface area contributed by atoms with Crippen molar-refractivity contribution in [2.45, 2.75) is 57.5 Å². The molecule has 3 aromatic rings. The molecule has 5 rings (SSSR count). The number of methoxy groups -OCH3 is 1. The predicted molar refractivity (Wildman–Crippen MR) is 135 cm³/mol. The Hall–Kier alpha value is -3.06. The first-order valence-corrected chi connectivity index (χ1v) is 12.6. The fourth-order valence-electron chi connectivity index (χ4n) is 4.98. The van der Waals surface area contributed by atoms with Gasteiger partial charge in [-0.3, -0.25) is 4.79 Å². The molecule has 1 aromatic heterocycles. The topological polar surface area (TPSA) is 69.0 Å². The molecule has 1 unspecified atom stereocenters. The second-order valence-corrected chi connectivity index (χ2v) is 10.9. The summed E-state index contributed by atoms with van der Waals surface area (Å²) in [4.78, 5) is 18.2. The van der Waals surface area contributed by atoms with E-state index in [0.717, 1.165) is 34.8 Å². The van der Waals surface area contributed by atoms with Gasteiger partial charge in [0.15, 0.2) is 5.78 Å². The quantitative estimate of drug-likeness (QED) is 0.468. The number of allylic oxidation sites excluding steroid dienone is 2. The molecule has 6 nitrogen and oxygen atoms in total. The number of hydrogen-bond acceptors (Lipinski definition) is 6. The van der Waals surface area contributed by atoms with Crippen molar-refractivity contribution in [1.82, 2.24) is 14.8 Å². The Morgan fingerprint density at radius 1 is 1.18 bits per heavy atom. The third-order valence-corrected chi connectivity index (χ3v) is 7.49. The molecule has 176 valence electrons. The summed E-state index contributed by atoms with van der Waals surface area (Å²) in [5.74, 6) is 2.35. The lowest BCUT2D eigenvalue weighted by Gasteiger charge is -2.38. The summed E-state index contributed by atoms with van der Waals surface area (Å²) in [5.41, 5.74) is 6.34. The van der Waals surface area contributed by atoms with Crippen LogP contribution in [0.15, 0.2) is 58.9 Å². The maximum absolute atomic E-state index is 13.4. The first kappa shape index (κ1) is 22.7. The Balaban J connectivity index is 1.55. The van der Waals surface area contributed by atoms with E-state index in [2.05, 4.69) is 51.2 Å². The molecule has 0 saturated carbocycles. The van der Waals surface area contributed by atoms with Crippen LogP contribution in [0.5, 0.6) is 5.75 Å². The van der Waals surface area contributed by atoms with Crippen molar-refractivity contribution in [1.29, 1.82) is 0 Å². The fraction of sp³-hybridized carbons (Fsp3) is 0.370. The zero-order valence-electron chi connectivity index (χ0n) is 20.3. The number of thioether (sulfide) groups is 1. The molecule has 1 aliphatic carbocycles. The number of benzene rings is 2. The number of carbonyl (C=O) groups is 1. The van der Waals surface area contributed by atoms with Crippen molar-refractivity contribution in [3.8, 4) is 5.75 Å². The number of carbonyl (C=O) groups excluding carboxylic acids is 1. The molecule has 2 aromatic carbocycles. The van der Waals surface area contributed by atoms with Crippen molar-refractivity contribution >= 4 is 23.5 Å². The zero-order chi connectivity index (χ0) is 24.0. The molecule has 0 radical (unpaired) electrons. The van der Waals surface area contributed by atoms with Gasteiger partial charge < -0.3 is 10.1 Å². The molecule has 0 amide bonds. The molecular weight excluding hydrogens is 444 g/mol. The highest BCUT2D eigenvalue weighted by molar-refractivity contribution is 7.98. The minimum Gasteiger partial charge on any atom is -0.496 e. The van der Waals surface area contributed by atoms with Crippen molar-refractivity contribution in [3.63, 3.8) is 0 Å². The molecule has 0 fully saturated rings. The van der Waals surface area contributed by atoms with Crippen LogP contribution in [0.1, 0.15) is 55.0 Å². The third-order valence-electron chi connectivity index (χ3n) is 6.60. The van der Waals surface area contributed by atoms with Gasteiger partial charge in [-0.1, -0.05) is 67.6 Å². The number of fused-ring (bicyclic) bond motifs is 1. The number of aryl methyl sites for hydroxylation is 2. The number of Topliss-reactive ketones (excluding diaryl/α,β-unsaturated/α-hetero) is 1. The smallest absolute Gasteiger partial charge is 0.227 e. The molecule has 1 atom stereocenters. The number of anilines is 1. The predicted octanol–water partition coefficient (Wildman–Crippen LogP) is 5.85. The number of aromatic nitrogens is 3. The number of para-hydroxylation sites is 1. The molecule has 2 aliphatic rings. The highest BCUT2D eigenvalue weighted by atomic mass is 32.2. The van der Waals surface area contributed by atoms with Crippen molar-refractivity contribution in [2.75, 3.05) is 12.4 Å². The maximum atomic E-state index is 13.4. The van der Waals surface area contributed by atoms with E-state index in [1.165, 1.54) is 16.7 Å². The SMILES string of the molecule is COc1ccccc1C1C2=C(CC(C)(C)CC2=O)Nc2nc(SCc3ccc(C)cc3C)nn21. The van der Waals surface area contributed by atoms with E-state index in [-0.39, 0.29) is 17.2 Å². The van der Waals surface area contributed by atoms with Gasteiger partial charge in [-0.2, -0.15) is 4.98 Å². The van der Waals surface area contributed by atoms with Gasteiger partial charge in [0.1, 0.15) is 11.8 Å². The molecule has 1 aliphatic heterocycles.